The zero-order valence-electron chi connectivity index (χ0n) is 14.7. The molecule has 1 aromatic heterocycles. The van der Waals surface area contributed by atoms with E-state index in [1.54, 1.807) is 0 Å². The number of rotatable bonds is 7. The predicted octanol–water partition coefficient (Wildman–Crippen LogP) is 2.27. The van der Waals surface area contributed by atoms with Crippen LogP contribution in [-0.4, -0.2) is 23.1 Å². The first-order valence-electron chi connectivity index (χ1n) is 7.94. The smallest absolute Gasteiger partial charge is 0.224 e. The normalized spacial score (nSPS) is 11.4. The van der Waals surface area contributed by atoms with Crippen LogP contribution in [0.3, 0.4) is 0 Å². The van der Waals surface area contributed by atoms with Crippen molar-refractivity contribution in [3.8, 4) is 5.75 Å². The molecule has 1 amide bonds. The van der Waals surface area contributed by atoms with Crippen LogP contribution in [0.2, 0.25) is 0 Å². The number of hydrogen-bond acceptors (Lipinski definition) is 5. The molecule has 2 aromatic rings. The van der Waals surface area contributed by atoms with Gasteiger partial charge in [0.15, 0.2) is 0 Å². The fraction of sp³-hybridized carbons (Fsp3) is 0.444. The number of aromatic nitrogens is 1. The van der Waals surface area contributed by atoms with E-state index in [9.17, 15) is 4.79 Å². The van der Waals surface area contributed by atoms with Crippen LogP contribution >= 0.6 is 0 Å². The summed E-state index contributed by atoms with van der Waals surface area (Å²) in [6.07, 6.45) is 0.320. The minimum atomic E-state index is -0.411. The van der Waals surface area contributed by atoms with E-state index in [0.29, 0.717) is 19.6 Å². The van der Waals surface area contributed by atoms with Crippen molar-refractivity contribution in [2.45, 2.75) is 46.3 Å². The Bertz CT molecular complexity index is 665. The van der Waals surface area contributed by atoms with Gasteiger partial charge in [0, 0.05) is 12.1 Å². The molecule has 2 rings (SSSR count). The number of aryl methyl sites for hydroxylation is 2. The van der Waals surface area contributed by atoms with Gasteiger partial charge in [-0.25, -0.2) is 0 Å². The van der Waals surface area contributed by atoms with Crippen LogP contribution in [-0.2, 0) is 17.8 Å². The molecule has 0 fully saturated rings. The largest absolute Gasteiger partial charge is 0.489 e. The second kappa shape index (κ2) is 7.49. The van der Waals surface area contributed by atoms with Crippen molar-refractivity contribution in [2.75, 3.05) is 6.54 Å². The highest BCUT2D eigenvalue weighted by Crippen LogP contribution is 2.18. The predicted molar refractivity (Wildman–Crippen MR) is 91.7 cm³/mol. The Morgan fingerprint density at radius 1 is 1.29 bits per heavy atom. The Kier molecular flexibility index (Phi) is 5.62. The Labute approximate surface area is 142 Å². The van der Waals surface area contributed by atoms with Crippen LogP contribution in [0.15, 0.2) is 28.8 Å². The third kappa shape index (κ3) is 5.38. The summed E-state index contributed by atoms with van der Waals surface area (Å²) in [7, 11) is 0. The Morgan fingerprint density at radius 2 is 1.96 bits per heavy atom. The quantitative estimate of drug-likeness (QED) is 0.812. The zero-order chi connectivity index (χ0) is 17.7. The van der Waals surface area contributed by atoms with Gasteiger partial charge in [0.2, 0.25) is 5.91 Å². The second-order valence-electron chi connectivity index (χ2n) is 6.68. The molecular weight excluding hydrogens is 306 g/mol. The molecular formula is C18H25N3O3. The van der Waals surface area contributed by atoms with Crippen molar-refractivity contribution in [1.29, 1.82) is 0 Å². The molecule has 6 nitrogen and oxygen atoms in total. The minimum absolute atomic E-state index is 0.0436. The number of nitrogens with zero attached hydrogens (tertiary/aromatic N) is 1. The lowest BCUT2D eigenvalue weighted by Gasteiger charge is -2.18. The van der Waals surface area contributed by atoms with Crippen LogP contribution in [0.1, 0.15) is 36.4 Å². The van der Waals surface area contributed by atoms with Gasteiger partial charge in [0.05, 0.1) is 17.7 Å². The summed E-state index contributed by atoms with van der Waals surface area (Å²) in [5, 5.41) is 6.73. The summed E-state index contributed by atoms with van der Waals surface area (Å²) >= 11 is 0. The molecule has 0 saturated heterocycles. The van der Waals surface area contributed by atoms with Gasteiger partial charge in [-0.05, 0) is 45.4 Å². The average molecular weight is 331 g/mol. The molecule has 1 aromatic carbocycles. The molecule has 130 valence electrons. The van der Waals surface area contributed by atoms with Crippen molar-refractivity contribution in [3.05, 3.63) is 46.8 Å². The Morgan fingerprint density at radius 3 is 2.50 bits per heavy atom. The zero-order valence-corrected chi connectivity index (χ0v) is 14.7. The van der Waals surface area contributed by atoms with Gasteiger partial charge in [0.1, 0.15) is 18.1 Å². The maximum atomic E-state index is 11.9. The van der Waals surface area contributed by atoms with E-state index in [1.165, 1.54) is 0 Å². The third-order valence-electron chi connectivity index (χ3n) is 3.59. The molecule has 6 heteroatoms. The molecule has 0 radical (unpaired) electrons. The van der Waals surface area contributed by atoms with Crippen LogP contribution in [0, 0.1) is 13.8 Å². The Hall–Kier alpha value is -2.34. The molecule has 1 heterocycles. The van der Waals surface area contributed by atoms with Crippen LogP contribution in [0.5, 0.6) is 5.75 Å². The lowest BCUT2D eigenvalue weighted by Crippen LogP contribution is -2.45. The molecule has 3 N–H and O–H groups in total. The molecule has 0 saturated carbocycles. The van der Waals surface area contributed by atoms with Gasteiger partial charge < -0.3 is 20.3 Å². The van der Waals surface area contributed by atoms with E-state index in [-0.39, 0.29) is 5.91 Å². The standard InChI is InChI=1S/C18H25N3O3/c1-12-16(13(2)24-21-12)10-23-15-7-5-14(6-8-15)9-17(22)20-11-18(3,4)19/h5-8H,9-11,19H2,1-4H3,(H,20,22). The van der Waals surface area contributed by atoms with Gasteiger partial charge in [-0.15, -0.1) is 0 Å². The summed E-state index contributed by atoms with van der Waals surface area (Å²) in [6, 6.07) is 7.48. The molecule has 24 heavy (non-hydrogen) atoms. The lowest BCUT2D eigenvalue weighted by molar-refractivity contribution is -0.120. The summed E-state index contributed by atoms with van der Waals surface area (Å²) < 4.78 is 10.9. The van der Waals surface area contributed by atoms with Crippen molar-refractivity contribution in [1.82, 2.24) is 10.5 Å². The fourth-order valence-electron chi connectivity index (χ4n) is 2.14. The van der Waals surface area contributed by atoms with Crippen molar-refractivity contribution >= 4 is 5.91 Å². The van der Waals surface area contributed by atoms with Crippen molar-refractivity contribution in [3.63, 3.8) is 0 Å². The minimum Gasteiger partial charge on any atom is -0.489 e. The lowest BCUT2D eigenvalue weighted by atomic mass is 10.1. The van der Waals surface area contributed by atoms with Gasteiger partial charge in [0.25, 0.3) is 0 Å². The molecule has 0 unspecified atom stereocenters. The molecule has 0 aliphatic carbocycles. The molecule has 0 aliphatic rings. The summed E-state index contributed by atoms with van der Waals surface area (Å²) in [4.78, 5) is 11.9. The molecule has 0 spiro atoms. The number of benzene rings is 1. The Balaban J connectivity index is 1.85. The van der Waals surface area contributed by atoms with Crippen LogP contribution in [0.4, 0.5) is 0 Å². The van der Waals surface area contributed by atoms with Crippen LogP contribution in [0.25, 0.3) is 0 Å². The molecule has 0 atom stereocenters. The van der Waals surface area contributed by atoms with Gasteiger partial charge >= 0.3 is 0 Å². The van der Waals surface area contributed by atoms with Crippen molar-refractivity contribution < 1.29 is 14.1 Å². The number of hydrogen-bond donors (Lipinski definition) is 2. The number of nitrogens with one attached hydrogen (secondary N) is 1. The first-order valence-corrected chi connectivity index (χ1v) is 7.94. The van der Waals surface area contributed by atoms with Gasteiger partial charge in [-0.2, -0.15) is 0 Å². The maximum Gasteiger partial charge on any atom is 0.224 e. The van der Waals surface area contributed by atoms with E-state index in [1.807, 2.05) is 52.0 Å². The van der Waals surface area contributed by atoms with Gasteiger partial charge in [-0.1, -0.05) is 17.3 Å². The number of nitrogens with two attached hydrogens (primary N) is 1. The topological polar surface area (TPSA) is 90.4 Å². The first kappa shape index (κ1) is 18.0. The SMILES string of the molecule is Cc1noc(C)c1COc1ccc(CC(=O)NCC(C)(C)N)cc1. The van der Waals surface area contributed by atoms with Crippen molar-refractivity contribution in [2.24, 2.45) is 5.73 Å². The number of ether oxygens (including phenoxy) is 1. The molecule has 0 aliphatic heterocycles. The van der Waals surface area contributed by atoms with E-state index in [2.05, 4.69) is 10.5 Å². The van der Waals surface area contributed by atoms with E-state index in [0.717, 1.165) is 28.3 Å². The van der Waals surface area contributed by atoms with Crippen LogP contribution < -0.4 is 15.8 Å². The first-order chi connectivity index (χ1) is 11.2. The third-order valence-corrected chi connectivity index (χ3v) is 3.59. The molecule has 0 bridgehead atoms. The summed E-state index contributed by atoms with van der Waals surface area (Å²) in [5.41, 5.74) is 8.16. The number of amides is 1. The number of carbonyl (C=O) groups excluding carboxylic acids is 1. The highest BCUT2D eigenvalue weighted by molar-refractivity contribution is 5.78. The highest BCUT2D eigenvalue weighted by atomic mass is 16.5. The monoisotopic (exact) mass is 331 g/mol. The summed E-state index contributed by atoms with van der Waals surface area (Å²) in [5.74, 6) is 1.46. The van der Waals surface area contributed by atoms with E-state index >= 15 is 0 Å². The summed E-state index contributed by atoms with van der Waals surface area (Å²) in [6.45, 7) is 8.36. The average Bonchev–Trinajstić information content (AvgIpc) is 2.83. The second-order valence-corrected chi connectivity index (χ2v) is 6.68. The van der Waals surface area contributed by atoms with Gasteiger partial charge in [-0.3, -0.25) is 4.79 Å². The van der Waals surface area contributed by atoms with E-state index < -0.39 is 5.54 Å². The van der Waals surface area contributed by atoms with E-state index in [4.69, 9.17) is 15.0 Å². The highest BCUT2D eigenvalue weighted by Gasteiger charge is 2.13. The fourth-order valence-corrected chi connectivity index (χ4v) is 2.14. The maximum absolute atomic E-state index is 11.9. The number of carbonyl (C=O) groups is 1.